The summed E-state index contributed by atoms with van der Waals surface area (Å²) in [5.41, 5.74) is 1.63. The molecule has 0 aliphatic carbocycles. The highest BCUT2D eigenvalue weighted by molar-refractivity contribution is 5.95. The number of hydrogen-bond donors (Lipinski definition) is 0. The molecule has 0 bridgehead atoms. The van der Waals surface area contributed by atoms with Gasteiger partial charge in [-0.3, -0.25) is 14.4 Å². The van der Waals surface area contributed by atoms with Crippen LogP contribution in [0.2, 0.25) is 0 Å². The van der Waals surface area contributed by atoms with Crippen molar-refractivity contribution in [2.75, 3.05) is 32.8 Å². The molecule has 3 heterocycles. The maximum atomic E-state index is 12.1. The molecule has 6 nitrogen and oxygen atoms in total. The van der Waals surface area contributed by atoms with Crippen LogP contribution in [-0.4, -0.2) is 65.8 Å². The average molecular weight is 421 g/mol. The number of Topliss-reactive ketones (excluding diaryl/α,β-unsaturated/α-hetero) is 1. The van der Waals surface area contributed by atoms with Crippen molar-refractivity contribution in [3.63, 3.8) is 0 Å². The van der Waals surface area contributed by atoms with Crippen LogP contribution < -0.4 is 0 Å². The lowest BCUT2D eigenvalue weighted by molar-refractivity contribution is -0.120. The molecule has 0 atom stereocenters. The summed E-state index contributed by atoms with van der Waals surface area (Å²) in [7, 11) is 0. The lowest BCUT2D eigenvalue weighted by Crippen LogP contribution is -2.41. The van der Waals surface area contributed by atoms with Gasteiger partial charge >= 0.3 is 0 Å². The van der Waals surface area contributed by atoms with Crippen LogP contribution in [0.3, 0.4) is 0 Å². The van der Waals surface area contributed by atoms with Crippen LogP contribution in [0.15, 0.2) is 60.7 Å². The smallest absolute Gasteiger partial charge is 0.253 e. The number of nitrogens with zero attached hydrogens (tertiary/aromatic N) is 2. The standard InChI is InChI=1S/C13H15NO2.C12H13NO2/c15-12(11-4-2-1-3-5-11)14-8-6-13(7-9-14)10-16-13;14-11-6-8-13(9-7-11)12(15)10-4-2-1-3-5-10/h1-5H,6-10H2;1-5H,6-9H2. The summed E-state index contributed by atoms with van der Waals surface area (Å²) in [6, 6.07) is 18.7. The summed E-state index contributed by atoms with van der Waals surface area (Å²) in [6.45, 7) is 3.67. The number of hydrogen-bond acceptors (Lipinski definition) is 4. The minimum Gasteiger partial charge on any atom is -0.369 e. The van der Waals surface area contributed by atoms with Crippen LogP contribution in [0.25, 0.3) is 0 Å². The number of piperidine rings is 2. The molecule has 0 radical (unpaired) electrons. The number of carbonyl (C=O) groups is 3. The first-order chi connectivity index (χ1) is 15.1. The molecule has 31 heavy (non-hydrogen) atoms. The van der Waals surface area contributed by atoms with E-state index in [1.54, 1.807) is 17.0 Å². The van der Waals surface area contributed by atoms with Gasteiger partial charge in [-0.05, 0) is 37.1 Å². The van der Waals surface area contributed by atoms with Crippen molar-refractivity contribution < 1.29 is 19.1 Å². The van der Waals surface area contributed by atoms with Gasteiger partial charge in [0, 0.05) is 50.1 Å². The Hall–Kier alpha value is -2.99. The molecule has 3 aliphatic rings. The largest absolute Gasteiger partial charge is 0.369 e. The van der Waals surface area contributed by atoms with Gasteiger partial charge in [0.1, 0.15) is 5.78 Å². The number of ether oxygens (including phenoxy) is 1. The number of amides is 2. The fraction of sp³-hybridized carbons (Fsp3) is 0.400. The molecule has 6 heteroatoms. The van der Waals surface area contributed by atoms with Crippen LogP contribution in [0.1, 0.15) is 46.4 Å². The number of epoxide rings is 1. The van der Waals surface area contributed by atoms with Gasteiger partial charge in [0.25, 0.3) is 11.8 Å². The van der Waals surface area contributed by atoms with E-state index in [9.17, 15) is 14.4 Å². The monoisotopic (exact) mass is 420 g/mol. The third-order valence-corrected chi connectivity index (χ3v) is 6.16. The summed E-state index contributed by atoms with van der Waals surface area (Å²) in [6.07, 6.45) is 2.98. The fourth-order valence-electron chi connectivity index (χ4n) is 3.99. The number of ketones is 1. The molecule has 0 unspecified atom stereocenters. The highest BCUT2D eigenvalue weighted by atomic mass is 16.6. The van der Waals surface area contributed by atoms with Gasteiger partial charge < -0.3 is 14.5 Å². The van der Waals surface area contributed by atoms with Crippen molar-refractivity contribution in [2.24, 2.45) is 0 Å². The van der Waals surface area contributed by atoms with Gasteiger partial charge in [-0.15, -0.1) is 0 Å². The first-order valence-electron chi connectivity index (χ1n) is 10.9. The Morgan fingerprint density at radius 3 is 1.55 bits per heavy atom. The van der Waals surface area contributed by atoms with Crippen molar-refractivity contribution in [1.82, 2.24) is 9.80 Å². The zero-order chi connectivity index (χ0) is 21.7. The normalized spacial score (nSPS) is 19.4. The maximum absolute atomic E-state index is 12.1. The third-order valence-electron chi connectivity index (χ3n) is 6.16. The van der Waals surface area contributed by atoms with Crippen molar-refractivity contribution in [1.29, 1.82) is 0 Å². The van der Waals surface area contributed by atoms with E-state index in [-0.39, 0.29) is 23.2 Å². The molecule has 3 aliphatic heterocycles. The molecule has 5 rings (SSSR count). The van der Waals surface area contributed by atoms with E-state index in [1.807, 2.05) is 53.4 Å². The van der Waals surface area contributed by atoms with E-state index in [0.717, 1.165) is 38.1 Å². The van der Waals surface area contributed by atoms with E-state index in [2.05, 4.69) is 0 Å². The number of rotatable bonds is 2. The summed E-state index contributed by atoms with van der Waals surface area (Å²) >= 11 is 0. The van der Waals surface area contributed by atoms with Gasteiger partial charge in [0.2, 0.25) is 0 Å². The Balaban J connectivity index is 0.000000150. The Morgan fingerprint density at radius 2 is 1.13 bits per heavy atom. The molecule has 2 amide bonds. The van der Waals surface area contributed by atoms with Gasteiger partial charge in [-0.2, -0.15) is 0 Å². The minimum absolute atomic E-state index is 0.0306. The van der Waals surface area contributed by atoms with Crippen LogP contribution in [0.4, 0.5) is 0 Å². The second kappa shape index (κ2) is 9.43. The van der Waals surface area contributed by atoms with E-state index in [1.165, 1.54) is 0 Å². The van der Waals surface area contributed by atoms with Gasteiger partial charge in [0.05, 0.1) is 12.2 Å². The quantitative estimate of drug-likeness (QED) is 0.700. The van der Waals surface area contributed by atoms with E-state index in [4.69, 9.17) is 4.74 Å². The van der Waals surface area contributed by atoms with Crippen molar-refractivity contribution >= 4 is 17.6 Å². The van der Waals surface area contributed by atoms with Crippen LogP contribution >= 0.6 is 0 Å². The molecule has 0 saturated carbocycles. The number of benzene rings is 2. The van der Waals surface area contributed by atoms with Crippen LogP contribution in [-0.2, 0) is 9.53 Å². The Labute approximate surface area is 182 Å². The fourth-order valence-corrected chi connectivity index (χ4v) is 3.99. The van der Waals surface area contributed by atoms with Crippen molar-refractivity contribution in [2.45, 2.75) is 31.3 Å². The molecule has 3 saturated heterocycles. The minimum atomic E-state index is 0.0306. The maximum Gasteiger partial charge on any atom is 0.253 e. The first-order valence-corrected chi connectivity index (χ1v) is 10.9. The Kier molecular flexibility index (Phi) is 6.47. The predicted octanol–water partition coefficient (Wildman–Crippen LogP) is 3.18. The highest BCUT2D eigenvalue weighted by Crippen LogP contribution is 2.37. The molecule has 0 aromatic heterocycles. The first kappa shape index (κ1) is 21.2. The summed E-state index contributed by atoms with van der Waals surface area (Å²) in [5.74, 6) is 0.436. The highest BCUT2D eigenvalue weighted by Gasteiger charge is 2.47. The Bertz CT molecular complexity index is 905. The lowest BCUT2D eigenvalue weighted by Gasteiger charge is -2.30. The lowest BCUT2D eigenvalue weighted by atomic mass is 9.97. The van der Waals surface area contributed by atoms with Gasteiger partial charge in [-0.1, -0.05) is 36.4 Å². The second-order valence-corrected chi connectivity index (χ2v) is 8.33. The average Bonchev–Trinajstić information content (AvgIpc) is 3.59. The second-order valence-electron chi connectivity index (χ2n) is 8.33. The molecular weight excluding hydrogens is 392 g/mol. The topological polar surface area (TPSA) is 70.2 Å². The summed E-state index contributed by atoms with van der Waals surface area (Å²) in [4.78, 5) is 38.7. The van der Waals surface area contributed by atoms with E-state index < -0.39 is 0 Å². The Morgan fingerprint density at radius 1 is 0.710 bits per heavy atom. The molecule has 2 aromatic carbocycles. The van der Waals surface area contributed by atoms with E-state index in [0.29, 0.717) is 31.5 Å². The number of likely N-dealkylation sites (tertiary alicyclic amines) is 2. The zero-order valence-electron chi connectivity index (χ0n) is 17.7. The molecular formula is C25H28N2O4. The van der Waals surface area contributed by atoms with Crippen molar-refractivity contribution in [3.05, 3.63) is 71.8 Å². The predicted molar refractivity (Wildman–Crippen MR) is 117 cm³/mol. The van der Waals surface area contributed by atoms with Crippen LogP contribution in [0, 0.1) is 0 Å². The summed E-state index contributed by atoms with van der Waals surface area (Å²) < 4.78 is 5.43. The van der Waals surface area contributed by atoms with Crippen molar-refractivity contribution in [3.8, 4) is 0 Å². The third kappa shape index (κ3) is 5.39. The van der Waals surface area contributed by atoms with E-state index >= 15 is 0 Å². The SMILES string of the molecule is O=C(c1ccccc1)N1CCC2(CC1)CO2.O=C1CCN(C(=O)c2ccccc2)CC1. The van der Waals surface area contributed by atoms with Gasteiger partial charge in [0.15, 0.2) is 0 Å². The molecule has 0 N–H and O–H groups in total. The molecule has 3 fully saturated rings. The number of carbonyl (C=O) groups excluding carboxylic acids is 3. The zero-order valence-corrected chi connectivity index (χ0v) is 17.7. The summed E-state index contributed by atoms with van der Waals surface area (Å²) in [5, 5.41) is 0. The van der Waals surface area contributed by atoms with Gasteiger partial charge in [-0.25, -0.2) is 0 Å². The molecule has 162 valence electrons. The van der Waals surface area contributed by atoms with Crippen LogP contribution in [0.5, 0.6) is 0 Å². The molecule has 1 spiro atoms. The molecule has 2 aromatic rings.